The van der Waals surface area contributed by atoms with E-state index in [4.69, 9.17) is 11.6 Å². The topological polar surface area (TPSA) is 29.5 Å². The van der Waals surface area contributed by atoms with Crippen molar-refractivity contribution in [2.24, 2.45) is 0 Å². The van der Waals surface area contributed by atoms with Crippen molar-refractivity contribution in [2.45, 2.75) is 0 Å². The predicted octanol–water partition coefficient (Wildman–Crippen LogP) is 14.0. The maximum atomic E-state index is 9.48. The van der Waals surface area contributed by atoms with Gasteiger partial charge in [-0.2, -0.15) is 0 Å². The normalized spacial score (nSPS) is 13.7. The molecule has 3 nitrogen and oxygen atoms in total. The molecule has 0 radical (unpaired) electrons. The highest BCUT2D eigenvalue weighted by molar-refractivity contribution is 6.09. The van der Waals surface area contributed by atoms with Crippen molar-refractivity contribution in [2.75, 3.05) is 4.90 Å². The molecule has 2 heterocycles. The van der Waals surface area contributed by atoms with Gasteiger partial charge in [-0.15, -0.1) is 0 Å². The van der Waals surface area contributed by atoms with Crippen LogP contribution in [0.25, 0.3) is 77.3 Å². The third-order valence-electron chi connectivity index (χ3n) is 9.24. The Morgan fingerprint density at radius 3 is 1.61 bits per heavy atom. The zero-order valence-corrected chi connectivity index (χ0v) is 27.0. The van der Waals surface area contributed by atoms with Crippen LogP contribution < -0.4 is 4.90 Å². The van der Waals surface area contributed by atoms with Crippen LogP contribution in [-0.2, 0) is 0 Å². The lowest BCUT2D eigenvalue weighted by atomic mass is 10.0. The van der Waals surface area contributed by atoms with Crippen LogP contribution in [0.15, 0.2) is 197 Å². The Balaban J connectivity index is 1.19. The maximum Gasteiger partial charge on any atom is 0.143 e. The van der Waals surface area contributed by atoms with E-state index in [0.717, 1.165) is 38.3 Å². The summed E-state index contributed by atoms with van der Waals surface area (Å²) in [4.78, 5) is 1.32. The molecule has 0 aliphatic carbocycles. The van der Waals surface area contributed by atoms with Crippen molar-refractivity contribution in [3.8, 4) is 33.4 Å². The molecule has 10 rings (SSSR count). The molecule has 8 aromatic carbocycles. The summed E-state index contributed by atoms with van der Waals surface area (Å²) in [5, 5.41) is 3.56. The highest BCUT2D eigenvalue weighted by atomic mass is 16.3. The fraction of sp³-hybridized carbons (Fsp3) is 0. The van der Waals surface area contributed by atoms with E-state index in [1.165, 1.54) is 4.90 Å². The van der Waals surface area contributed by atoms with Gasteiger partial charge in [0.05, 0.1) is 11.0 Å². The lowest BCUT2D eigenvalue weighted by molar-refractivity contribution is 0.669. The minimum Gasteiger partial charge on any atom is -0.456 e. The van der Waals surface area contributed by atoms with E-state index in [1.807, 2.05) is 78.9 Å². The Labute approximate surface area is 306 Å². The molecule has 0 aliphatic rings. The molecule has 0 unspecified atom stereocenters. The first-order valence-corrected chi connectivity index (χ1v) is 16.6. The highest BCUT2D eigenvalue weighted by Crippen LogP contribution is 2.40. The minimum absolute atomic E-state index is 0.0733. The summed E-state index contributed by atoms with van der Waals surface area (Å²) in [6.45, 7) is 0. The van der Waals surface area contributed by atoms with Gasteiger partial charge in [-0.05, 0) is 88.4 Å². The monoisotopic (exact) mass is 661 g/mol. The van der Waals surface area contributed by atoms with Crippen LogP contribution in [0, 0.1) is 0 Å². The second-order valence-corrected chi connectivity index (χ2v) is 12.3. The molecule has 0 fully saturated rings. The second kappa shape index (κ2) is 11.9. The van der Waals surface area contributed by atoms with Crippen LogP contribution in [0.4, 0.5) is 17.1 Å². The minimum atomic E-state index is -0.418. The van der Waals surface area contributed by atoms with Gasteiger partial charge in [0.2, 0.25) is 0 Å². The molecule has 240 valence electrons. The summed E-state index contributed by atoms with van der Waals surface area (Å²) in [5.74, 6) is 0. The van der Waals surface area contributed by atoms with Crippen LogP contribution in [0.5, 0.6) is 0 Å². The largest absolute Gasteiger partial charge is 0.456 e. The van der Waals surface area contributed by atoms with Crippen LogP contribution in [-0.4, -0.2) is 0 Å². The number of hydrogen-bond acceptors (Lipinski definition) is 3. The lowest BCUT2D eigenvalue weighted by Gasteiger charge is -2.26. The van der Waals surface area contributed by atoms with Gasteiger partial charge in [0.25, 0.3) is 0 Å². The third kappa shape index (κ3) is 5.06. The smallest absolute Gasteiger partial charge is 0.143 e. The van der Waals surface area contributed by atoms with E-state index >= 15 is 0 Å². The zero-order valence-electron chi connectivity index (χ0n) is 35.0. The first kappa shape index (κ1) is 22.0. The average Bonchev–Trinajstić information content (AvgIpc) is 3.84. The number of nitrogens with zero attached hydrogens (tertiary/aromatic N) is 1. The predicted molar refractivity (Wildman–Crippen MR) is 212 cm³/mol. The first-order chi connectivity index (χ1) is 28.6. The van der Waals surface area contributed by atoms with Crippen molar-refractivity contribution in [3.05, 3.63) is 188 Å². The number of benzene rings is 8. The number of hydrogen-bond donors (Lipinski definition) is 0. The molecule has 0 amide bonds. The first-order valence-electron chi connectivity index (χ1n) is 20.6. The Morgan fingerprint density at radius 2 is 0.902 bits per heavy atom. The molecule has 0 atom stereocenters. The van der Waals surface area contributed by atoms with E-state index in [2.05, 4.69) is 0 Å². The quantitative estimate of drug-likeness (QED) is 0.178. The van der Waals surface area contributed by atoms with E-state index < -0.39 is 24.2 Å². The standard InChI is InChI=1S/C48H31NO2/c1-2-9-32(10-3-1)33-17-24-37(25-18-33)49(38-26-19-34(20-27-38)36-23-30-47-44(31-36)42-12-5-6-15-45(42)50-47)39-28-21-35(22-29-39)40-13-8-14-43-41-11-4-7-16-46(41)51-48(40)43/h1-31H/i17D,18D,19D,20D,24D,25D,26D,27D. The van der Waals surface area contributed by atoms with Crippen molar-refractivity contribution in [1.82, 2.24) is 0 Å². The van der Waals surface area contributed by atoms with Gasteiger partial charge in [-0.1, -0.05) is 127 Å². The molecular formula is C48H31NO2. The molecule has 0 spiro atoms. The van der Waals surface area contributed by atoms with Gasteiger partial charge in [0.15, 0.2) is 0 Å². The van der Waals surface area contributed by atoms with Crippen molar-refractivity contribution in [3.63, 3.8) is 0 Å². The Bertz CT molecular complexity index is 3260. The fourth-order valence-electron chi connectivity index (χ4n) is 6.75. The van der Waals surface area contributed by atoms with Crippen LogP contribution in [0.3, 0.4) is 0 Å². The second-order valence-electron chi connectivity index (χ2n) is 12.3. The molecule has 0 bridgehead atoms. The van der Waals surface area contributed by atoms with Crippen LogP contribution >= 0.6 is 0 Å². The number of fused-ring (bicyclic) bond motifs is 6. The third-order valence-corrected chi connectivity index (χ3v) is 9.24. The molecule has 2 aromatic heterocycles. The molecule has 0 N–H and O–H groups in total. The van der Waals surface area contributed by atoms with Crippen LogP contribution in [0.1, 0.15) is 11.0 Å². The summed E-state index contributed by atoms with van der Waals surface area (Å²) >= 11 is 0. The van der Waals surface area contributed by atoms with E-state index in [9.17, 15) is 8.22 Å². The van der Waals surface area contributed by atoms with Gasteiger partial charge >= 0.3 is 0 Å². The summed E-state index contributed by atoms with van der Waals surface area (Å²) in [6, 6.07) is 39.4. The van der Waals surface area contributed by atoms with Crippen molar-refractivity contribution < 1.29 is 19.8 Å². The molecule has 0 saturated carbocycles. The molecule has 0 aliphatic heterocycles. The molecule has 10 aromatic rings. The molecule has 0 saturated heterocycles. The number of furan rings is 2. The maximum absolute atomic E-state index is 9.48. The average molecular weight is 662 g/mol. The SMILES string of the molecule is [2H]c1c([2H])c(N(c2ccc(-c3cccc4c3oc3ccccc34)cc2)c2c([2H])c([2H])c(-c3ccc4oc5ccccc5c4c3)c([2H])c2[2H])c([2H])c([2H])c1-c1ccccc1. The molecular weight excluding hydrogens is 623 g/mol. The van der Waals surface area contributed by atoms with Gasteiger partial charge in [0.1, 0.15) is 22.3 Å². The van der Waals surface area contributed by atoms with Gasteiger partial charge in [-0.3, -0.25) is 0 Å². The summed E-state index contributed by atoms with van der Waals surface area (Å²) < 4.78 is 87.0. The Morgan fingerprint density at radius 1 is 0.353 bits per heavy atom. The van der Waals surface area contributed by atoms with Crippen LogP contribution in [0.2, 0.25) is 0 Å². The van der Waals surface area contributed by atoms with Crippen molar-refractivity contribution in [1.29, 1.82) is 0 Å². The molecule has 51 heavy (non-hydrogen) atoms. The summed E-state index contributed by atoms with van der Waals surface area (Å²) in [6.07, 6.45) is 0. The van der Waals surface area contributed by atoms with Crippen molar-refractivity contribution >= 4 is 60.9 Å². The highest BCUT2D eigenvalue weighted by Gasteiger charge is 2.16. The van der Waals surface area contributed by atoms with Gasteiger partial charge < -0.3 is 13.7 Å². The number of para-hydroxylation sites is 3. The number of rotatable bonds is 6. The lowest BCUT2D eigenvalue weighted by Crippen LogP contribution is -2.09. The summed E-state index contributed by atoms with van der Waals surface area (Å²) in [5.41, 5.74) is 5.38. The fourth-order valence-corrected chi connectivity index (χ4v) is 6.75. The van der Waals surface area contributed by atoms with E-state index in [0.29, 0.717) is 33.6 Å². The summed E-state index contributed by atoms with van der Waals surface area (Å²) in [7, 11) is 0. The Kier molecular flexibility index (Phi) is 5.15. The van der Waals surface area contributed by atoms with Gasteiger partial charge in [0, 0.05) is 44.2 Å². The van der Waals surface area contributed by atoms with E-state index in [-0.39, 0.29) is 46.7 Å². The van der Waals surface area contributed by atoms with E-state index in [1.54, 1.807) is 60.7 Å². The van der Waals surface area contributed by atoms with Gasteiger partial charge in [-0.25, -0.2) is 0 Å². The number of anilines is 3. The molecule has 3 heteroatoms. The zero-order chi connectivity index (χ0) is 40.7. The Hall–Kier alpha value is -6.84.